The molecule has 0 heterocycles. The van der Waals surface area contributed by atoms with Crippen LogP contribution in [0.15, 0.2) is 48.5 Å². The summed E-state index contributed by atoms with van der Waals surface area (Å²) >= 11 is 0. The molecular weight excluding hydrogens is 248 g/mol. The van der Waals surface area contributed by atoms with Crippen molar-refractivity contribution < 1.29 is 5.11 Å². The molecule has 0 aliphatic rings. The van der Waals surface area contributed by atoms with E-state index >= 15 is 0 Å². The van der Waals surface area contributed by atoms with Crippen LogP contribution in [0.2, 0.25) is 0 Å². The van der Waals surface area contributed by atoms with Crippen molar-refractivity contribution in [2.75, 3.05) is 18.1 Å². The zero-order valence-electron chi connectivity index (χ0n) is 11.6. The molecule has 1 N–H and O–H groups in total. The SMILES string of the molecule is Cc1cccc(C#N)c1N(CCO)Cc1ccccc1. The zero-order valence-corrected chi connectivity index (χ0v) is 11.6. The van der Waals surface area contributed by atoms with E-state index in [1.165, 1.54) is 0 Å². The largest absolute Gasteiger partial charge is 0.395 e. The predicted molar refractivity (Wildman–Crippen MR) is 80.5 cm³/mol. The van der Waals surface area contributed by atoms with E-state index in [9.17, 15) is 10.4 Å². The van der Waals surface area contributed by atoms with Gasteiger partial charge in [0, 0.05) is 13.1 Å². The van der Waals surface area contributed by atoms with E-state index in [1.807, 2.05) is 43.3 Å². The fourth-order valence-corrected chi connectivity index (χ4v) is 2.36. The molecule has 0 saturated heterocycles. The lowest BCUT2D eigenvalue weighted by atomic mass is 10.1. The molecule has 0 spiro atoms. The van der Waals surface area contributed by atoms with Gasteiger partial charge in [0.2, 0.25) is 0 Å². The molecule has 0 aliphatic heterocycles. The van der Waals surface area contributed by atoms with Crippen LogP contribution in [-0.2, 0) is 6.54 Å². The number of aliphatic hydroxyl groups is 1. The van der Waals surface area contributed by atoms with Gasteiger partial charge >= 0.3 is 0 Å². The third kappa shape index (κ3) is 3.17. The second kappa shape index (κ2) is 6.74. The normalized spacial score (nSPS) is 10.1. The molecule has 0 unspecified atom stereocenters. The minimum absolute atomic E-state index is 0.0615. The molecule has 0 saturated carbocycles. The van der Waals surface area contributed by atoms with Gasteiger partial charge in [-0.15, -0.1) is 0 Å². The maximum Gasteiger partial charge on any atom is 0.101 e. The molecule has 2 rings (SSSR count). The highest BCUT2D eigenvalue weighted by Crippen LogP contribution is 2.26. The van der Waals surface area contributed by atoms with Gasteiger partial charge in [-0.05, 0) is 24.1 Å². The zero-order chi connectivity index (χ0) is 14.4. The molecule has 0 atom stereocenters. The number of aliphatic hydroxyl groups excluding tert-OH is 1. The van der Waals surface area contributed by atoms with Crippen LogP contribution in [0, 0.1) is 18.3 Å². The van der Waals surface area contributed by atoms with Crippen molar-refractivity contribution in [1.29, 1.82) is 5.26 Å². The van der Waals surface area contributed by atoms with Crippen molar-refractivity contribution in [2.24, 2.45) is 0 Å². The summed E-state index contributed by atoms with van der Waals surface area (Å²) in [7, 11) is 0. The Morgan fingerprint density at radius 2 is 1.85 bits per heavy atom. The van der Waals surface area contributed by atoms with Crippen LogP contribution in [0.3, 0.4) is 0 Å². The number of hydrogen-bond acceptors (Lipinski definition) is 3. The van der Waals surface area contributed by atoms with E-state index in [1.54, 1.807) is 0 Å². The van der Waals surface area contributed by atoms with Gasteiger partial charge in [0.25, 0.3) is 0 Å². The summed E-state index contributed by atoms with van der Waals surface area (Å²) in [6.45, 7) is 3.24. The number of hydrogen-bond donors (Lipinski definition) is 1. The summed E-state index contributed by atoms with van der Waals surface area (Å²) in [5, 5.41) is 18.6. The fourth-order valence-electron chi connectivity index (χ4n) is 2.36. The Morgan fingerprint density at radius 1 is 1.10 bits per heavy atom. The number of rotatable bonds is 5. The van der Waals surface area contributed by atoms with E-state index in [2.05, 4.69) is 23.1 Å². The van der Waals surface area contributed by atoms with E-state index < -0.39 is 0 Å². The summed E-state index contributed by atoms with van der Waals surface area (Å²) in [6, 6.07) is 18.0. The third-order valence-corrected chi connectivity index (χ3v) is 3.26. The number of para-hydroxylation sites is 1. The molecule has 0 amide bonds. The van der Waals surface area contributed by atoms with Crippen LogP contribution in [0.5, 0.6) is 0 Å². The second-order valence-corrected chi connectivity index (χ2v) is 4.71. The molecule has 3 heteroatoms. The Labute approximate surface area is 119 Å². The Morgan fingerprint density at radius 3 is 2.50 bits per heavy atom. The Kier molecular flexibility index (Phi) is 4.75. The Bertz CT molecular complexity index is 602. The van der Waals surface area contributed by atoms with Crippen molar-refractivity contribution in [3.05, 3.63) is 65.2 Å². The van der Waals surface area contributed by atoms with Gasteiger partial charge in [0.05, 0.1) is 17.9 Å². The molecule has 0 aliphatic carbocycles. The highest BCUT2D eigenvalue weighted by Gasteiger charge is 2.13. The first kappa shape index (κ1) is 14.1. The first-order valence-corrected chi connectivity index (χ1v) is 6.65. The summed E-state index contributed by atoms with van der Waals surface area (Å²) < 4.78 is 0. The van der Waals surface area contributed by atoms with E-state index in [4.69, 9.17) is 0 Å². The number of anilines is 1. The summed E-state index contributed by atoms with van der Waals surface area (Å²) in [5.74, 6) is 0. The highest BCUT2D eigenvalue weighted by molar-refractivity contribution is 5.64. The van der Waals surface area contributed by atoms with Crippen molar-refractivity contribution >= 4 is 5.69 Å². The average Bonchev–Trinajstić information content (AvgIpc) is 2.47. The van der Waals surface area contributed by atoms with Gasteiger partial charge in [0.15, 0.2) is 0 Å². The summed E-state index contributed by atoms with van der Waals surface area (Å²) in [5.41, 5.74) is 3.77. The topological polar surface area (TPSA) is 47.3 Å². The number of nitriles is 1. The first-order valence-electron chi connectivity index (χ1n) is 6.65. The molecule has 0 bridgehead atoms. The van der Waals surface area contributed by atoms with Gasteiger partial charge < -0.3 is 10.0 Å². The average molecular weight is 266 g/mol. The van der Waals surface area contributed by atoms with Crippen molar-refractivity contribution in [1.82, 2.24) is 0 Å². The van der Waals surface area contributed by atoms with Crippen LogP contribution in [0.4, 0.5) is 5.69 Å². The lowest BCUT2D eigenvalue weighted by Gasteiger charge is -2.26. The molecule has 2 aromatic carbocycles. The number of benzene rings is 2. The maximum atomic E-state index is 9.31. The number of aryl methyl sites for hydroxylation is 1. The fraction of sp³-hybridized carbons (Fsp3) is 0.235. The molecule has 20 heavy (non-hydrogen) atoms. The standard InChI is InChI=1S/C17H18N2O/c1-14-6-5-9-16(12-18)17(14)19(10-11-20)13-15-7-3-2-4-8-15/h2-9,20H,10-11,13H2,1H3. The Balaban J connectivity index is 2.37. The van der Waals surface area contributed by atoms with Crippen LogP contribution in [0.25, 0.3) is 0 Å². The molecule has 0 radical (unpaired) electrons. The number of nitrogens with zero attached hydrogens (tertiary/aromatic N) is 2. The molecule has 0 fully saturated rings. The first-order chi connectivity index (χ1) is 9.76. The molecular formula is C17H18N2O. The van der Waals surface area contributed by atoms with Crippen LogP contribution in [0.1, 0.15) is 16.7 Å². The minimum atomic E-state index is 0.0615. The highest BCUT2D eigenvalue weighted by atomic mass is 16.3. The minimum Gasteiger partial charge on any atom is -0.395 e. The van der Waals surface area contributed by atoms with Gasteiger partial charge in [-0.25, -0.2) is 0 Å². The van der Waals surface area contributed by atoms with Gasteiger partial charge in [0.1, 0.15) is 6.07 Å². The van der Waals surface area contributed by atoms with E-state index in [0.29, 0.717) is 18.7 Å². The van der Waals surface area contributed by atoms with Gasteiger partial charge in [-0.2, -0.15) is 5.26 Å². The van der Waals surface area contributed by atoms with Crippen molar-refractivity contribution in [3.63, 3.8) is 0 Å². The predicted octanol–water partition coefficient (Wildman–Crippen LogP) is 2.87. The maximum absolute atomic E-state index is 9.31. The van der Waals surface area contributed by atoms with Crippen LogP contribution < -0.4 is 4.90 Å². The molecule has 102 valence electrons. The molecule has 0 aromatic heterocycles. The lowest BCUT2D eigenvalue weighted by Crippen LogP contribution is -2.27. The van der Waals surface area contributed by atoms with E-state index in [-0.39, 0.29) is 6.61 Å². The lowest BCUT2D eigenvalue weighted by molar-refractivity contribution is 0.301. The van der Waals surface area contributed by atoms with Crippen molar-refractivity contribution in [2.45, 2.75) is 13.5 Å². The molecule has 3 nitrogen and oxygen atoms in total. The van der Waals surface area contributed by atoms with Crippen LogP contribution in [-0.4, -0.2) is 18.3 Å². The third-order valence-electron chi connectivity index (χ3n) is 3.26. The van der Waals surface area contributed by atoms with Gasteiger partial charge in [-0.3, -0.25) is 0 Å². The van der Waals surface area contributed by atoms with Gasteiger partial charge in [-0.1, -0.05) is 42.5 Å². The van der Waals surface area contributed by atoms with Crippen LogP contribution >= 0.6 is 0 Å². The monoisotopic (exact) mass is 266 g/mol. The molecule has 2 aromatic rings. The Hall–Kier alpha value is -2.31. The summed E-state index contributed by atoms with van der Waals surface area (Å²) in [6.07, 6.45) is 0. The van der Waals surface area contributed by atoms with E-state index in [0.717, 1.165) is 16.8 Å². The summed E-state index contributed by atoms with van der Waals surface area (Å²) in [4.78, 5) is 2.06. The quantitative estimate of drug-likeness (QED) is 0.905. The second-order valence-electron chi connectivity index (χ2n) is 4.71. The van der Waals surface area contributed by atoms with Crippen molar-refractivity contribution in [3.8, 4) is 6.07 Å². The smallest absolute Gasteiger partial charge is 0.101 e.